The van der Waals surface area contributed by atoms with E-state index in [0.717, 1.165) is 0 Å². The maximum atomic E-state index is 11.3. The number of aromatic amines is 1. The molecule has 1 aromatic carbocycles. The van der Waals surface area contributed by atoms with Gasteiger partial charge in [-0.2, -0.15) is 0 Å². The summed E-state index contributed by atoms with van der Waals surface area (Å²) in [7, 11) is 0. The van der Waals surface area contributed by atoms with Crippen LogP contribution in [0.25, 0.3) is 0 Å². The van der Waals surface area contributed by atoms with E-state index in [1.807, 2.05) is 0 Å². The topological polar surface area (TPSA) is 55.0 Å². The number of ether oxygens (including phenoxy) is 1. The minimum absolute atomic E-state index is 0.159. The summed E-state index contributed by atoms with van der Waals surface area (Å²) in [6, 6.07) is 4.77. The maximum absolute atomic E-state index is 11.3. The number of benzene rings is 1. The number of rotatable bonds is 2. The van der Waals surface area contributed by atoms with Gasteiger partial charge in [0.15, 0.2) is 0 Å². The Kier molecular flexibility index (Phi) is 3.71. The van der Waals surface area contributed by atoms with Crippen LogP contribution in [0.3, 0.4) is 0 Å². The largest absolute Gasteiger partial charge is 0.438 e. The van der Waals surface area contributed by atoms with Crippen molar-refractivity contribution in [2.24, 2.45) is 0 Å². The van der Waals surface area contributed by atoms with Crippen molar-refractivity contribution >= 4 is 39.1 Å². The molecule has 0 saturated heterocycles. The summed E-state index contributed by atoms with van der Waals surface area (Å²) in [5.74, 6) is 0.602. The van der Waals surface area contributed by atoms with E-state index in [-0.39, 0.29) is 15.9 Å². The molecule has 2 aromatic rings. The van der Waals surface area contributed by atoms with Gasteiger partial charge in [-0.3, -0.25) is 4.79 Å². The summed E-state index contributed by atoms with van der Waals surface area (Å²) < 4.78 is 5.62. The lowest BCUT2D eigenvalue weighted by Crippen LogP contribution is -2.08. The van der Waals surface area contributed by atoms with Crippen molar-refractivity contribution in [3.63, 3.8) is 0 Å². The second kappa shape index (κ2) is 5.08. The van der Waals surface area contributed by atoms with Gasteiger partial charge in [0.1, 0.15) is 10.2 Å². The summed E-state index contributed by atoms with van der Waals surface area (Å²) in [5.41, 5.74) is -0.324. The molecule has 0 amide bonds. The van der Waals surface area contributed by atoms with Crippen LogP contribution in [0.1, 0.15) is 0 Å². The Hall–Kier alpha value is -1.04. The molecule has 0 radical (unpaired) electrons. The minimum Gasteiger partial charge on any atom is -0.438 e. The van der Waals surface area contributed by atoms with E-state index < -0.39 is 0 Å². The second-order valence-corrected chi connectivity index (χ2v) is 4.64. The Balaban J connectivity index is 2.35. The van der Waals surface area contributed by atoms with E-state index >= 15 is 0 Å². The Morgan fingerprint density at radius 2 is 2.06 bits per heavy atom. The molecule has 0 spiro atoms. The monoisotopic (exact) mass is 334 g/mol. The highest BCUT2D eigenvalue weighted by Crippen LogP contribution is 2.30. The Labute approximate surface area is 115 Å². The van der Waals surface area contributed by atoms with Crippen LogP contribution < -0.4 is 10.3 Å². The summed E-state index contributed by atoms with van der Waals surface area (Å²) in [6.07, 6.45) is 1.25. The maximum Gasteiger partial charge on any atom is 0.268 e. The predicted octanol–water partition coefficient (Wildman–Crippen LogP) is 3.63. The van der Waals surface area contributed by atoms with Gasteiger partial charge >= 0.3 is 0 Å². The van der Waals surface area contributed by atoms with E-state index in [9.17, 15) is 4.79 Å². The third-order valence-corrected chi connectivity index (χ3v) is 3.31. The molecule has 0 aliphatic rings. The highest BCUT2D eigenvalue weighted by molar-refractivity contribution is 9.10. The fourth-order valence-corrected chi connectivity index (χ4v) is 1.68. The van der Waals surface area contributed by atoms with Gasteiger partial charge in [0.25, 0.3) is 5.56 Å². The first-order valence-corrected chi connectivity index (χ1v) is 5.99. The summed E-state index contributed by atoms with van der Waals surface area (Å²) in [6.45, 7) is 0. The molecule has 1 N–H and O–H groups in total. The van der Waals surface area contributed by atoms with E-state index in [1.54, 1.807) is 18.2 Å². The molecule has 0 fully saturated rings. The van der Waals surface area contributed by atoms with Gasteiger partial charge in [-0.15, -0.1) is 0 Å². The van der Waals surface area contributed by atoms with Crippen LogP contribution in [0.15, 0.2) is 33.8 Å². The van der Waals surface area contributed by atoms with Gasteiger partial charge in [-0.1, -0.05) is 23.2 Å². The summed E-state index contributed by atoms with van der Waals surface area (Å²) in [5, 5.41) is 0.794. The van der Waals surface area contributed by atoms with Crippen molar-refractivity contribution in [1.82, 2.24) is 9.97 Å². The molecule has 0 aliphatic carbocycles. The van der Waals surface area contributed by atoms with Crippen molar-refractivity contribution < 1.29 is 4.74 Å². The van der Waals surface area contributed by atoms with Crippen molar-refractivity contribution in [2.75, 3.05) is 0 Å². The van der Waals surface area contributed by atoms with Crippen molar-refractivity contribution in [1.29, 1.82) is 0 Å². The second-order valence-electron chi connectivity index (χ2n) is 3.03. The molecule has 0 bridgehead atoms. The van der Waals surface area contributed by atoms with E-state index in [4.69, 9.17) is 27.9 Å². The number of halogens is 3. The van der Waals surface area contributed by atoms with Gasteiger partial charge in [0.2, 0.25) is 5.88 Å². The van der Waals surface area contributed by atoms with Crippen LogP contribution in [0.2, 0.25) is 10.0 Å². The van der Waals surface area contributed by atoms with Gasteiger partial charge < -0.3 is 9.72 Å². The number of aromatic nitrogens is 2. The van der Waals surface area contributed by atoms with Crippen molar-refractivity contribution in [3.05, 3.63) is 49.4 Å². The molecular formula is C10H5BrCl2N2O2. The average molecular weight is 336 g/mol. The number of nitrogens with zero attached hydrogens (tertiary/aromatic N) is 1. The third-order valence-electron chi connectivity index (χ3n) is 1.87. The predicted molar refractivity (Wildman–Crippen MR) is 69.1 cm³/mol. The molecule has 0 unspecified atom stereocenters. The molecule has 0 aliphatic heterocycles. The molecular weight excluding hydrogens is 331 g/mol. The van der Waals surface area contributed by atoms with Crippen LogP contribution >= 0.6 is 39.1 Å². The van der Waals surface area contributed by atoms with Gasteiger partial charge in [0.05, 0.1) is 16.4 Å². The van der Waals surface area contributed by atoms with Gasteiger partial charge in [-0.25, -0.2) is 4.98 Å². The van der Waals surface area contributed by atoms with Crippen molar-refractivity contribution in [3.8, 4) is 11.6 Å². The number of H-pyrrole nitrogens is 1. The fourth-order valence-electron chi connectivity index (χ4n) is 1.09. The fraction of sp³-hybridized carbons (Fsp3) is 0. The van der Waals surface area contributed by atoms with E-state index in [0.29, 0.717) is 15.8 Å². The lowest BCUT2D eigenvalue weighted by atomic mass is 10.3. The lowest BCUT2D eigenvalue weighted by Gasteiger charge is -2.06. The number of hydrogen-bond donors (Lipinski definition) is 1. The quantitative estimate of drug-likeness (QED) is 0.911. The Morgan fingerprint density at radius 1 is 1.29 bits per heavy atom. The molecule has 1 aromatic heterocycles. The molecule has 0 atom stereocenters. The standard InChI is InChI=1S/C10H5BrCl2N2O2/c11-8-9(16)14-4-15-10(8)17-5-1-2-6(12)7(13)3-5/h1-4H,(H,14,15,16). The first-order valence-electron chi connectivity index (χ1n) is 4.44. The normalized spacial score (nSPS) is 10.3. The van der Waals surface area contributed by atoms with E-state index in [1.165, 1.54) is 6.33 Å². The first-order chi connectivity index (χ1) is 8.08. The molecule has 2 rings (SSSR count). The lowest BCUT2D eigenvalue weighted by molar-refractivity contribution is 0.457. The van der Waals surface area contributed by atoms with Crippen LogP contribution in [-0.2, 0) is 0 Å². The van der Waals surface area contributed by atoms with Crippen LogP contribution in [0, 0.1) is 0 Å². The highest BCUT2D eigenvalue weighted by Gasteiger charge is 2.08. The molecule has 1 heterocycles. The Bertz CT molecular complexity index is 615. The van der Waals surface area contributed by atoms with Crippen LogP contribution in [-0.4, -0.2) is 9.97 Å². The highest BCUT2D eigenvalue weighted by atomic mass is 79.9. The first kappa shape index (κ1) is 12.4. The molecule has 17 heavy (non-hydrogen) atoms. The zero-order valence-electron chi connectivity index (χ0n) is 8.21. The van der Waals surface area contributed by atoms with Gasteiger partial charge in [-0.05, 0) is 28.1 Å². The SMILES string of the molecule is O=c1[nH]cnc(Oc2ccc(Cl)c(Cl)c2)c1Br. The van der Waals surface area contributed by atoms with Gasteiger partial charge in [0, 0.05) is 6.07 Å². The Morgan fingerprint density at radius 3 is 2.76 bits per heavy atom. The average Bonchev–Trinajstić information content (AvgIpc) is 2.30. The smallest absolute Gasteiger partial charge is 0.268 e. The van der Waals surface area contributed by atoms with E-state index in [2.05, 4.69) is 25.9 Å². The van der Waals surface area contributed by atoms with Crippen molar-refractivity contribution in [2.45, 2.75) is 0 Å². The summed E-state index contributed by atoms with van der Waals surface area (Å²) in [4.78, 5) is 17.6. The van der Waals surface area contributed by atoms with Crippen LogP contribution in [0.5, 0.6) is 11.6 Å². The molecule has 88 valence electrons. The zero-order valence-corrected chi connectivity index (χ0v) is 11.3. The summed E-state index contributed by atoms with van der Waals surface area (Å²) >= 11 is 14.7. The molecule has 0 saturated carbocycles. The third kappa shape index (κ3) is 2.80. The number of hydrogen-bond acceptors (Lipinski definition) is 3. The number of nitrogens with one attached hydrogen (secondary N) is 1. The molecule has 4 nitrogen and oxygen atoms in total. The zero-order chi connectivity index (χ0) is 12.4. The minimum atomic E-state index is -0.324. The van der Waals surface area contributed by atoms with Crippen LogP contribution in [0.4, 0.5) is 0 Å². The molecule has 7 heteroatoms.